The number of carboxylic acids is 1. The molecule has 82 valence electrons. The number of hydrogen-bond donors (Lipinski definition) is 1. The van der Waals surface area contributed by atoms with Gasteiger partial charge in [0.15, 0.2) is 0 Å². The van der Waals surface area contributed by atoms with E-state index in [2.05, 4.69) is 4.90 Å². The van der Waals surface area contributed by atoms with Crippen LogP contribution in [-0.2, 0) is 4.79 Å². The highest BCUT2D eigenvalue weighted by Crippen LogP contribution is 2.30. The molecule has 3 heteroatoms. The molecule has 1 aliphatic heterocycles. The highest BCUT2D eigenvalue weighted by atomic mass is 16.4. The standard InChI is InChI=1S/C11H21NO2/c1-11(2,10(13)14)9-7-5-4-6-8-12(9)3/h9H,4-8H2,1-3H3,(H,13,14). The van der Waals surface area contributed by atoms with Crippen LogP contribution in [0.3, 0.4) is 0 Å². The van der Waals surface area contributed by atoms with Crippen molar-refractivity contribution in [1.29, 1.82) is 0 Å². The van der Waals surface area contributed by atoms with Gasteiger partial charge in [0.25, 0.3) is 0 Å². The summed E-state index contributed by atoms with van der Waals surface area (Å²) < 4.78 is 0. The summed E-state index contributed by atoms with van der Waals surface area (Å²) in [7, 11) is 2.04. The van der Waals surface area contributed by atoms with Crippen molar-refractivity contribution >= 4 is 5.97 Å². The number of likely N-dealkylation sites (tertiary alicyclic amines) is 1. The predicted molar refractivity (Wildman–Crippen MR) is 56.3 cm³/mol. The molecule has 1 atom stereocenters. The van der Waals surface area contributed by atoms with Crippen LogP contribution < -0.4 is 0 Å². The zero-order valence-electron chi connectivity index (χ0n) is 9.42. The van der Waals surface area contributed by atoms with Crippen LogP contribution in [0.4, 0.5) is 0 Å². The molecule has 1 fully saturated rings. The molecule has 14 heavy (non-hydrogen) atoms. The Morgan fingerprint density at radius 1 is 1.36 bits per heavy atom. The van der Waals surface area contributed by atoms with Crippen LogP contribution in [-0.4, -0.2) is 35.6 Å². The monoisotopic (exact) mass is 199 g/mol. The smallest absolute Gasteiger partial charge is 0.310 e. The molecule has 0 aromatic carbocycles. The van der Waals surface area contributed by atoms with Gasteiger partial charge in [-0.15, -0.1) is 0 Å². The lowest BCUT2D eigenvalue weighted by Crippen LogP contribution is -2.47. The fourth-order valence-corrected chi connectivity index (χ4v) is 2.31. The molecule has 1 rings (SSSR count). The average molecular weight is 199 g/mol. The van der Waals surface area contributed by atoms with E-state index in [1.54, 1.807) is 0 Å². The number of carbonyl (C=O) groups is 1. The third-order valence-electron chi connectivity index (χ3n) is 3.40. The van der Waals surface area contributed by atoms with Crippen molar-refractivity contribution in [1.82, 2.24) is 4.90 Å². The van der Waals surface area contributed by atoms with Crippen molar-refractivity contribution in [2.45, 2.75) is 45.6 Å². The quantitative estimate of drug-likeness (QED) is 0.739. The molecule has 1 unspecified atom stereocenters. The fraction of sp³-hybridized carbons (Fsp3) is 0.909. The van der Waals surface area contributed by atoms with Crippen molar-refractivity contribution in [2.75, 3.05) is 13.6 Å². The minimum absolute atomic E-state index is 0.183. The van der Waals surface area contributed by atoms with Gasteiger partial charge < -0.3 is 10.0 Å². The zero-order valence-corrected chi connectivity index (χ0v) is 9.42. The molecule has 0 bridgehead atoms. The Labute approximate surface area is 86.1 Å². The minimum atomic E-state index is -0.684. The number of aliphatic carboxylic acids is 1. The summed E-state index contributed by atoms with van der Waals surface area (Å²) in [6.45, 7) is 4.70. The second-order valence-corrected chi connectivity index (χ2v) is 4.87. The van der Waals surface area contributed by atoms with E-state index in [1.165, 1.54) is 12.8 Å². The topological polar surface area (TPSA) is 40.5 Å². The minimum Gasteiger partial charge on any atom is -0.481 e. The molecular weight excluding hydrogens is 178 g/mol. The Morgan fingerprint density at radius 2 is 2.00 bits per heavy atom. The van der Waals surface area contributed by atoms with Crippen LogP contribution in [0.1, 0.15) is 39.5 Å². The highest BCUT2D eigenvalue weighted by Gasteiger charge is 2.39. The molecule has 0 radical (unpaired) electrons. The molecule has 0 amide bonds. The molecule has 0 saturated carbocycles. The first-order valence-electron chi connectivity index (χ1n) is 5.40. The first-order chi connectivity index (χ1) is 6.46. The first-order valence-corrected chi connectivity index (χ1v) is 5.40. The number of rotatable bonds is 2. The van der Waals surface area contributed by atoms with Gasteiger partial charge in [-0.25, -0.2) is 0 Å². The molecule has 0 aromatic heterocycles. The van der Waals surface area contributed by atoms with Crippen molar-refractivity contribution in [3.8, 4) is 0 Å². The van der Waals surface area contributed by atoms with E-state index in [0.717, 1.165) is 19.4 Å². The van der Waals surface area contributed by atoms with Gasteiger partial charge in [0.2, 0.25) is 0 Å². The normalized spacial score (nSPS) is 25.8. The van der Waals surface area contributed by atoms with Gasteiger partial charge >= 0.3 is 5.97 Å². The number of nitrogens with zero attached hydrogens (tertiary/aromatic N) is 1. The number of carboxylic acid groups (broad SMARTS) is 1. The Morgan fingerprint density at radius 3 is 2.57 bits per heavy atom. The Hall–Kier alpha value is -0.570. The maximum Gasteiger partial charge on any atom is 0.310 e. The largest absolute Gasteiger partial charge is 0.481 e. The summed E-state index contributed by atoms with van der Waals surface area (Å²) >= 11 is 0. The van der Waals surface area contributed by atoms with Crippen molar-refractivity contribution in [3.63, 3.8) is 0 Å². The summed E-state index contributed by atoms with van der Waals surface area (Å²) in [6.07, 6.45) is 4.60. The Kier molecular flexibility index (Phi) is 3.53. The van der Waals surface area contributed by atoms with Gasteiger partial charge in [0.05, 0.1) is 5.41 Å². The van der Waals surface area contributed by atoms with Gasteiger partial charge in [0.1, 0.15) is 0 Å². The summed E-state index contributed by atoms with van der Waals surface area (Å²) in [5.41, 5.74) is -0.626. The summed E-state index contributed by atoms with van der Waals surface area (Å²) in [5, 5.41) is 9.18. The maximum atomic E-state index is 11.2. The van der Waals surface area contributed by atoms with Gasteiger partial charge in [-0.05, 0) is 40.3 Å². The van der Waals surface area contributed by atoms with E-state index in [9.17, 15) is 9.90 Å². The molecule has 1 N–H and O–H groups in total. The second-order valence-electron chi connectivity index (χ2n) is 4.87. The summed E-state index contributed by atoms with van der Waals surface area (Å²) in [4.78, 5) is 13.4. The van der Waals surface area contributed by atoms with Gasteiger partial charge in [-0.3, -0.25) is 4.79 Å². The SMILES string of the molecule is CN1CCCCCC1C(C)(C)C(=O)O. The van der Waals surface area contributed by atoms with Gasteiger partial charge in [-0.1, -0.05) is 12.8 Å². The third kappa shape index (κ3) is 2.27. The van der Waals surface area contributed by atoms with Crippen LogP contribution in [0.2, 0.25) is 0 Å². The molecule has 0 spiro atoms. The zero-order chi connectivity index (χ0) is 10.8. The van der Waals surface area contributed by atoms with Crippen LogP contribution in [0.5, 0.6) is 0 Å². The summed E-state index contributed by atoms with van der Waals surface area (Å²) in [5.74, 6) is -0.684. The van der Waals surface area contributed by atoms with Crippen molar-refractivity contribution in [2.24, 2.45) is 5.41 Å². The molecule has 1 aliphatic rings. The number of hydrogen-bond acceptors (Lipinski definition) is 2. The van der Waals surface area contributed by atoms with E-state index >= 15 is 0 Å². The second kappa shape index (κ2) is 4.30. The van der Waals surface area contributed by atoms with Crippen LogP contribution in [0.25, 0.3) is 0 Å². The van der Waals surface area contributed by atoms with E-state index in [-0.39, 0.29) is 6.04 Å². The van der Waals surface area contributed by atoms with Gasteiger partial charge in [0, 0.05) is 6.04 Å². The average Bonchev–Trinajstić information content (AvgIpc) is 2.29. The molecule has 3 nitrogen and oxygen atoms in total. The van der Waals surface area contributed by atoms with Crippen molar-refractivity contribution < 1.29 is 9.90 Å². The Bertz CT molecular complexity index is 213. The lowest BCUT2D eigenvalue weighted by atomic mass is 9.81. The van der Waals surface area contributed by atoms with Crippen LogP contribution >= 0.6 is 0 Å². The van der Waals surface area contributed by atoms with Crippen LogP contribution in [0, 0.1) is 5.41 Å². The van der Waals surface area contributed by atoms with E-state index in [1.807, 2.05) is 20.9 Å². The maximum absolute atomic E-state index is 11.2. The lowest BCUT2D eigenvalue weighted by molar-refractivity contribution is -0.150. The van der Waals surface area contributed by atoms with E-state index < -0.39 is 11.4 Å². The molecular formula is C11H21NO2. The predicted octanol–water partition coefficient (Wildman–Crippen LogP) is 1.97. The third-order valence-corrected chi connectivity index (χ3v) is 3.40. The van der Waals surface area contributed by atoms with E-state index in [4.69, 9.17) is 0 Å². The first kappa shape index (κ1) is 11.5. The fourth-order valence-electron chi connectivity index (χ4n) is 2.31. The van der Waals surface area contributed by atoms with Crippen molar-refractivity contribution in [3.05, 3.63) is 0 Å². The molecule has 1 saturated heterocycles. The van der Waals surface area contributed by atoms with Crippen LogP contribution in [0.15, 0.2) is 0 Å². The molecule has 0 aromatic rings. The highest BCUT2D eigenvalue weighted by molar-refractivity contribution is 5.74. The van der Waals surface area contributed by atoms with Gasteiger partial charge in [-0.2, -0.15) is 0 Å². The summed E-state index contributed by atoms with van der Waals surface area (Å²) in [6, 6.07) is 0.183. The Balaban J connectivity index is 2.77. The molecule has 0 aliphatic carbocycles. The lowest BCUT2D eigenvalue weighted by Gasteiger charge is -2.36. The molecule has 1 heterocycles. The van der Waals surface area contributed by atoms with E-state index in [0.29, 0.717) is 0 Å².